The Morgan fingerprint density at radius 2 is 1.77 bits per heavy atom. The molecule has 0 radical (unpaired) electrons. The zero-order valence-electron chi connectivity index (χ0n) is 13.4. The minimum Gasteiger partial charge on any atom is -0.338 e. The molecule has 1 aromatic rings. The molecule has 0 heterocycles. The highest BCUT2D eigenvalue weighted by atomic mass is 16.2. The van der Waals surface area contributed by atoms with Gasteiger partial charge >= 0.3 is 6.03 Å². The van der Waals surface area contributed by atoms with Gasteiger partial charge in [0.1, 0.15) is 0 Å². The lowest BCUT2D eigenvalue weighted by molar-refractivity contribution is 0.237. The highest BCUT2D eigenvalue weighted by Gasteiger charge is 2.19. The number of carbonyl (C=O) groups is 1. The molecule has 0 saturated heterocycles. The Hall–Kier alpha value is -1.51. The van der Waals surface area contributed by atoms with Crippen LogP contribution < -0.4 is 10.6 Å². The molecule has 22 heavy (non-hydrogen) atoms. The molecule has 2 aliphatic carbocycles. The monoisotopic (exact) mass is 300 g/mol. The Morgan fingerprint density at radius 3 is 2.59 bits per heavy atom. The average Bonchev–Trinajstić information content (AvgIpc) is 3.06. The molecule has 3 heteroatoms. The van der Waals surface area contributed by atoms with Gasteiger partial charge in [0.25, 0.3) is 0 Å². The third kappa shape index (κ3) is 4.25. The summed E-state index contributed by atoms with van der Waals surface area (Å²) >= 11 is 0. The number of carbonyl (C=O) groups excluding carboxylic acids is 1. The standard InChI is InChI=1S/C19H28N2O/c22-19(20-12-11-15-5-1-2-6-15)21-14-16-9-10-17-7-3-4-8-18(17)13-16/h3-4,7-8,15-16H,1-2,5-6,9-14H2,(H2,20,21,22). The maximum absolute atomic E-state index is 11.9. The van der Waals surface area contributed by atoms with Gasteiger partial charge in [-0.2, -0.15) is 0 Å². The molecule has 1 fully saturated rings. The van der Waals surface area contributed by atoms with Gasteiger partial charge in [-0.3, -0.25) is 0 Å². The zero-order valence-corrected chi connectivity index (χ0v) is 13.4. The maximum Gasteiger partial charge on any atom is 0.314 e. The third-order valence-corrected chi connectivity index (χ3v) is 5.31. The van der Waals surface area contributed by atoms with E-state index in [2.05, 4.69) is 34.9 Å². The normalized spacial score (nSPS) is 21.4. The summed E-state index contributed by atoms with van der Waals surface area (Å²) in [6.07, 6.45) is 10.0. The van der Waals surface area contributed by atoms with Crippen LogP contribution in [-0.4, -0.2) is 19.1 Å². The maximum atomic E-state index is 11.9. The Kier molecular flexibility index (Phi) is 5.36. The molecule has 1 aromatic carbocycles. The van der Waals surface area contributed by atoms with Gasteiger partial charge in [0.05, 0.1) is 0 Å². The number of benzene rings is 1. The van der Waals surface area contributed by atoms with E-state index < -0.39 is 0 Å². The third-order valence-electron chi connectivity index (χ3n) is 5.31. The summed E-state index contributed by atoms with van der Waals surface area (Å²) in [6.45, 7) is 1.62. The van der Waals surface area contributed by atoms with Gasteiger partial charge < -0.3 is 10.6 Å². The summed E-state index contributed by atoms with van der Waals surface area (Å²) in [5, 5.41) is 6.08. The van der Waals surface area contributed by atoms with Crippen molar-refractivity contribution in [1.82, 2.24) is 10.6 Å². The SMILES string of the molecule is O=C(NCCC1CCCC1)NCC1CCc2ccccc2C1. The molecule has 2 amide bonds. The van der Waals surface area contributed by atoms with E-state index in [0.29, 0.717) is 5.92 Å². The number of rotatable bonds is 5. The van der Waals surface area contributed by atoms with Gasteiger partial charge in [-0.05, 0) is 48.6 Å². The zero-order chi connectivity index (χ0) is 15.2. The lowest BCUT2D eigenvalue weighted by Crippen LogP contribution is -2.40. The largest absolute Gasteiger partial charge is 0.338 e. The Balaban J connectivity index is 1.33. The van der Waals surface area contributed by atoms with E-state index in [0.717, 1.165) is 38.3 Å². The molecule has 3 rings (SSSR count). The number of aryl methyl sites for hydroxylation is 1. The van der Waals surface area contributed by atoms with Crippen LogP contribution in [0.4, 0.5) is 4.79 Å². The average molecular weight is 300 g/mol. The molecule has 3 nitrogen and oxygen atoms in total. The van der Waals surface area contributed by atoms with Crippen LogP contribution in [0.2, 0.25) is 0 Å². The van der Waals surface area contributed by atoms with Crippen molar-refractivity contribution in [2.24, 2.45) is 11.8 Å². The summed E-state index contributed by atoms with van der Waals surface area (Å²) in [5.41, 5.74) is 2.95. The number of nitrogens with one attached hydrogen (secondary N) is 2. The van der Waals surface area contributed by atoms with Crippen LogP contribution in [0.25, 0.3) is 0 Å². The fourth-order valence-corrected chi connectivity index (χ4v) is 3.94. The number of fused-ring (bicyclic) bond motifs is 1. The highest BCUT2D eigenvalue weighted by molar-refractivity contribution is 5.73. The quantitative estimate of drug-likeness (QED) is 0.856. The van der Waals surface area contributed by atoms with Crippen LogP contribution in [-0.2, 0) is 12.8 Å². The topological polar surface area (TPSA) is 41.1 Å². The molecule has 0 aromatic heterocycles. The smallest absolute Gasteiger partial charge is 0.314 e. The van der Waals surface area contributed by atoms with Crippen molar-refractivity contribution >= 4 is 6.03 Å². The first-order chi connectivity index (χ1) is 10.8. The van der Waals surface area contributed by atoms with Gasteiger partial charge in [-0.25, -0.2) is 4.79 Å². The van der Waals surface area contributed by atoms with Gasteiger partial charge in [-0.1, -0.05) is 49.9 Å². The second-order valence-corrected chi connectivity index (χ2v) is 6.95. The second kappa shape index (κ2) is 7.66. The highest BCUT2D eigenvalue weighted by Crippen LogP contribution is 2.27. The van der Waals surface area contributed by atoms with E-state index in [-0.39, 0.29) is 6.03 Å². The van der Waals surface area contributed by atoms with Crippen molar-refractivity contribution in [3.8, 4) is 0 Å². The van der Waals surface area contributed by atoms with Crippen LogP contribution >= 0.6 is 0 Å². The first-order valence-electron chi connectivity index (χ1n) is 8.90. The predicted octanol–water partition coefficient (Wildman–Crippen LogP) is 3.67. The van der Waals surface area contributed by atoms with E-state index >= 15 is 0 Å². The Bertz CT molecular complexity index is 494. The molecule has 0 aliphatic heterocycles. The Morgan fingerprint density at radius 1 is 1.00 bits per heavy atom. The van der Waals surface area contributed by atoms with Gasteiger partial charge in [0, 0.05) is 13.1 Å². The van der Waals surface area contributed by atoms with Crippen LogP contribution in [0.3, 0.4) is 0 Å². The molecule has 0 spiro atoms. The van der Waals surface area contributed by atoms with Crippen molar-refractivity contribution in [3.63, 3.8) is 0 Å². The molecule has 1 unspecified atom stereocenters. The summed E-state index contributed by atoms with van der Waals surface area (Å²) in [7, 11) is 0. The van der Waals surface area contributed by atoms with E-state index in [1.165, 1.54) is 43.2 Å². The molecule has 120 valence electrons. The van der Waals surface area contributed by atoms with E-state index in [1.807, 2.05) is 0 Å². The number of hydrogen-bond acceptors (Lipinski definition) is 1. The second-order valence-electron chi connectivity index (χ2n) is 6.95. The summed E-state index contributed by atoms with van der Waals surface area (Å²) < 4.78 is 0. The Labute approximate surface area is 133 Å². The molecule has 1 atom stereocenters. The summed E-state index contributed by atoms with van der Waals surface area (Å²) in [5.74, 6) is 1.42. The van der Waals surface area contributed by atoms with Crippen molar-refractivity contribution in [1.29, 1.82) is 0 Å². The first kappa shape index (κ1) is 15.4. The van der Waals surface area contributed by atoms with Crippen molar-refractivity contribution in [2.75, 3.05) is 13.1 Å². The van der Waals surface area contributed by atoms with Crippen LogP contribution in [0.15, 0.2) is 24.3 Å². The lowest BCUT2D eigenvalue weighted by atomic mass is 9.84. The first-order valence-corrected chi connectivity index (χ1v) is 8.90. The van der Waals surface area contributed by atoms with Crippen LogP contribution in [0.1, 0.15) is 49.7 Å². The summed E-state index contributed by atoms with van der Waals surface area (Å²) in [6, 6.07) is 8.70. The van der Waals surface area contributed by atoms with Crippen LogP contribution in [0, 0.1) is 11.8 Å². The fourth-order valence-electron chi connectivity index (χ4n) is 3.94. The number of amides is 2. The molecule has 0 bridgehead atoms. The van der Waals surface area contributed by atoms with Gasteiger partial charge in [0.2, 0.25) is 0 Å². The van der Waals surface area contributed by atoms with Crippen molar-refractivity contribution in [3.05, 3.63) is 35.4 Å². The van der Waals surface area contributed by atoms with E-state index in [9.17, 15) is 4.79 Å². The molecular weight excluding hydrogens is 272 g/mol. The lowest BCUT2D eigenvalue weighted by Gasteiger charge is -2.24. The van der Waals surface area contributed by atoms with Crippen molar-refractivity contribution in [2.45, 2.75) is 51.4 Å². The molecule has 1 saturated carbocycles. The van der Waals surface area contributed by atoms with Gasteiger partial charge in [-0.15, -0.1) is 0 Å². The van der Waals surface area contributed by atoms with Crippen molar-refractivity contribution < 1.29 is 4.79 Å². The molecular formula is C19H28N2O. The predicted molar refractivity (Wildman–Crippen MR) is 89.9 cm³/mol. The van der Waals surface area contributed by atoms with E-state index in [1.54, 1.807) is 0 Å². The number of urea groups is 1. The fraction of sp³-hybridized carbons (Fsp3) is 0.632. The summed E-state index contributed by atoms with van der Waals surface area (Å²) in [4.78, 5) is 11.9. The van der Waals surface area contributed by atoms with Gasteiger partial charge in [0.15, 0.2) is 0 Å². The van der Waals surface area contributed by atoms with E-state index in [4.69, 9.17) is 0 Å². The minimum absolute atomic E-state index is 0.0110. The molecule has 2 aliphatic rings. The van der Waals surface area contributed by atoms with Crippen LogP contribution in [0.5, 0.6) is 0 Å². The minimum atomic E-state index is 0.0110. The molecule has 2 N–H and O–H groups in total. The number of hydrogen-bond donors (Lipinski definition) is 2.